The van der Waals surface area contributed by atoms with Gasteiger partial charge in [-0.15, -0.1) is 5.10 Å². The summed E-state index contributed by atoms with van der Waals surface area (Å²) < 4.78 is 15.1. The molecule has 1 amide bonds. The van der Waals surface area contributed by atoms with Crippen molar-refractivity contribution in [3.05, 3.63) is 71.5 Å². The second kappa shape index (κ2) is 7.19. The highest BCUT2D eigenvalue weighted by Gasteiger charge is 2.31. The van der Waals surface area contributed by atoms with Crippen molar-refractivity contribution in [3.63, 3.8) is 0 Å². The van der Waals surface area contributed by atoms with Crippen molar-refractivity contribution in [2.24, 2.45) is 0 Å². The van der Waals surface area contributed by atoms with Crippen molar-refractivity contribution < 1.29 is 9.18 Å². The summed E-state index contributed by atoms with van der Waals surface area (Å²) in [6.07, 6.45) is 1.08. The summed E-state index contributed by atoms with van der Waals surface area (Å²) in [6.45, 7) is 1.77. The summed E-state index contributed by atoms with van der Waals surface area (Å²) in [5, 5.41) is 10.6. The Morgan fingerprint density at radius 2 is 1.93 bits per heavy atom. The van der Waals surface area contributed by atoms with Crippen LogP contribution in [0.5, 0.6) is 0 Å². The Labute approximate surface area is 156 Å². The lowest BCUT2D eigenvalue weighted by Crippen LogP contribution is -2.28. The van der Waals surface area contributed by atoms with Gasteiger partial charge in [-0.3, -0.25) is 10.1 Å². The maximum atomic E-state index is 13.4. The minimum Gasteiger partial charge on any atom is -0.347 e. The first-order valence-corrected chi connectivity index (χ1v) is 8.97. The molecule has 1 aliphatic heterocycles. The Bertz CT molecular complexity index is 939. The molecule has 0 spiro atoms. The number of rotatable bonds is 4. The predicted octanol–water partition coefficient (Wildman–Crippen LogP) is 3.91. The van der Waals surface area contributed by atoms with Gasteiger partial charge in [-0.05, 0) is 29.7 Å². The number of carbonyl (C=O) groups excluding carboxylic acids is 1. The van der Waals surface area contributed by atoms with E-state index in [1.54, 1.807) is 23.7 Å². The molecule has 2 aromatic carbocycles. The maximum absolute atomic E-state index is 13.4. The van der Waals surface area contributed by atoms with E-state index in [1.165, 1.54) is 12.1 Å². The first-order chi connectivity index (χ1) is 13.1. The summed E-state index contributed by atoms with van der Waals surface area (Å²) in [5.41, 5.74) is 2.08. The third-order valence-corrected chi connectivity index (χ3v) is 4.72. The second-order valence-corrected chi connectivity index (χ2v) is 6.52. The van der Waals surface area contributed by atoms with E-state index in [4.69, 9.17) is 0 Å². The molecule has 2 heterocycles. The van der Waals surface area contributed by atoms with Crippen LogP contribution in [-0.4, -0.2) is 20.7 Å². The highest BCUT2D eigenvalue weighted by molar-refractivity contribution is 5.88. The molecule has 2 N–H and O–H groups in total. The van der Waals surface area contributed by atoms with Gasteiger partial charge in [0, 0.05) is 6.42 Å². The third-order valence-electron chi connectivity index (χ3n) is 4.72. The van der Waals surface area contributed by atoms with Gasteiger partial charge in [-0.1, -0.05) is 49.4 Å². The van der Waals surface area contributed by atoms with Crippen LogP contribution in [0.4, 0.5) is 16.3 Å². The lowest BCUT2D eigenvalue weighted by atomic mass is 9.93. The summed E-state index contributed by atoms with van der Waals surface area (Å²) >= 11 is 0. The average Bonchev–Trinajstić information content (AvgIpc) is 3.10. The molecule has 0 unspecified atom stereocenters. The van der Waals surface area contributed by atoms with E-state index in [9.17, 15) is 9.18 Å². The minimum atomic E-state index is -0.276. The van der Waals surface area contributed by atoms with Crippen LogP contribution in [0.2, 0.25) is 0 Å². The molecule has 0 bridgehead atoms. The van der Waals surface area contributed by atoms with Crippen LogP contribution in [0.15, 0.2) is 54.6 Å². The molecule has 0 saturated carbocycles. The van der Waals surface area contributed by atoms with Gasteiger partial charge in [-0.25, -0.2) is 9.07 Å². The van der Waals surface area contributed by atoms with Crippen LogP contribution in [0.1, 0.15) is 43.0 Å². The fourth-order valence-corrected chi connectivity index (χ4v) is 3.31. The van der Waals surface area contributed by atoms with E-state index in [0.29, 0.717) is 12.4 Å². The number of amides is 1. The maximum Gasteiger partial charge on any atom is 0.250 e. The quantitative estimate of drug-likeness (QED) is 0.735. The number of benzene rings is 2. The van der Waals surface area contributed by atoms with Crippen molar-refractivity contribution in [1.29, 1.82) is 0 Å². The van der Waals surface area contributed by atoms with Crippen molar-refractivity contribution in [2.45, 2.75) is 31.8 Å². The molecule has 27 heavy (non-hydrogen) atoms. The molecular weight excluding hydrogens is 345 g/mol. The summed E-state index contributed by atoms with van der Waals surface area (Å²) in [7, 11) is 0. The number of anilines is 2. The van der Waals surface area contributed by atoms with Gasteiger partial charge in [0.15, 0.2) is 0 Å². The largest absolute Gasteiger partial charge is 0.347 e. The molecule has 6 nitrogen and oxygen atoms in total. The van der Waals surface area contributed by atoms with Crippen molar-refractivity contribution in [2.75, 3.05) is 10.6 Å². The SMILES string of the molecule is CCC(=O)Nc1nc2n(n1)[C@H](c1ccc(F)cc1)C[C@@H](c1ccccc1)N2. The third kappa shape index (κ3) is 3.53. The lowest BCUT2D eigenvalue weighted by Gasteiger charge is -2.31. The van der Waals surface area contributed by atoms with Crippen molar-refractivity contribution in [1.82, 2.24) is 14.8 Å². The average molecular weight is 365 g/mol. The number of fused-ring (bicyclic) bond motifs is 1. The molecule has 0 radical (unpaired) electrons. The fourth-order valence-electron chi connectivity index (χ4n) is 3.31. The first-order valence-electron chi connectivity index (χ1n) is 8.97. The van der Waals surface area contributed by atoms with Gasteiger partial charge < -0.3 is 5.32 Å². The van der Waals surface area contributed by atoms with E-state index in [1.807, 2.05) is 18.2 Å². The molecule has 3 aromatic rings. The van der Waals surface area contributed by atoms with Crippen molar-refractivity contribution in [3.8, 4) is 0 Å². The Balaban J connectivity index is 1.72. The number of nitrogens with one attached hydrogen (secondary N) is 2. The smallest absolute Gasteiger partial charge is 0.250 e. The van der Waals surface area contributed by atoms with Crippen LogP contribution >= 0.6 is 0 Å². The molecular formula is C20H20FN5O. The van der Waals surface area contributed by atoms with Gasteiger partial charge in [0.25, 0.3) is 5.95 Å². The monoisotopic (exact) mass is 365 g/mol. The molecule has 7 heteroatoms. The molecule has 4 rings (SSSR count). The Hall–Kier alpha value is -3.22. The van der Waals surface area contributed by atoms with E-state index in [-0.39, 0.29) is 29.8 Å². The van der Waals surface area contributed by atoms with E-state index >= 15 is 0 Å². The molecule has 138 valence electrons. The molecule has 0 saturated heterocycles. The summed E-state index contributed by atoms with van der Waals surface area (Å²) in [5.74, 6) is 0.430. The number of hydrogen-bond donors (Lipinski definition) is 2. The van der Waals surface area contributed by atoms with Crippen LogP contribution < -0.4 is 10.6 Å². The Kier molecular flexibility index (Phi) is 4.58. The van der Waals surface area contributed by atoms with Crippen LogP contribution in [-0.2, 0) is 4.79 Å². The first kappa shape index (κ1) is 17.2. The van der Waals surface area contributed by atoms with E-state index in [2.05, 4.69) is 32.8 Å². The van der Waals surface area contributed by atoms with Crippen LogP contribution in [0.25, 0.3) is 0 Å². The van der Waals surface area contributed by atoms with Gasteiger partial charge in [0.2, 0.25) is 11.9 Å². The molecule has 1 aromatic heterocycles. The van der Waals surface area contributed by atoms with Gasteiger partial charge in [-0.2, -0.15) is 4.98 Å². The minimum absolute atomic E-state index is 0.0349. The standard InChI is InChI=1S/C20H20FN5O/c1-2-18(27)23-19-24-20-22-16(13-6-4-3-5-7-13)12-17(26(20)25-19)14-8-10-15(21)11-9-14/h3-11,16-17H,2,12H2,1H3,(H2,22,23,24,25,27)/t16-,17-/m0/s1. The highest BCUT2D eigenvalue weighted by Crippen LogP contribution is 2.38. The number of nitrogens with zero attached hydrogens (tertiary/aromatic N) is 3. The molecule has 2 atom stereocenters. The van der Waals surface area contributed by atoms with E-state index in [0.717, 1.165) is 17.5 Å². The second-order valence-electron chi connectivity index (χ2n) is 6.52. The summed E-state index contributed by atoms with van der Waals surface area (Å²) in [4.78, 5) is 16.1. The van der Waals surface area contributed by atoms with Gasteiger partial charge in [0.05, 0.1) is 12.1 Å². The van der Waals surface area contributed by atoms with Gasteiger partial charge >= 0.3 is 0 Å². The number of carbonyl (C=O) groups is 1. The zero-order valence-corrected chi connectivity index (χ0v) is 14.9. The Morgan fingerprint density at radius 1 is 1.19 bits per heavy atom. The topological polar surface area (TPSA) is 71.8 Å². The lowest BCUT2D eigenvalue weighted by molar-refractivity contribution is -0.115. The fraction of sp³-hybridized carbons (Fsp3) is 0.250. The zero-order chi connectivity index (χ0) is 18.8. The highest BCUT2D eigenvalue weighted by atomic mass is 19.1. The van der Waals surface area contributed by atoms with Crippen LogP contribution in [0.3, 0.4) is 0 Å². The normalized spacial score (nSPS) is 18.4. The van der Waals surface area contributed by atoms with Crippen LogP contribution in [0, 0.1) is 5.82 Å². The van der Waals surface area contributed by atoms with Crippen molar-refractivity contribution >= 4 is 17.8 Å². The van der Waals surface area contributed by atoms with Gasteiger partial charge in [0.1, 0.15) is 5.82 Å². The predicted molar refractivity (Wildman–Crippen MR) is 101 cm³/mol. The number of halogens is 1. The summed E-state index contributed by atoms with van der Waals surface area (Å²) in [6, 6.07) is 16.4. The number of aromatic nitrogens is 3. The van der Waals surface area contributed by atoms with E-state index < -0.39 is 0 Å². The number of hydrogen-bond acceptors (Lipinski definition) is 4. The Morgan fingerprint density at radius 3 is 2.63 bits per heavy atom. The zero-order valence-electron chi connectivity index (χ0n) is 14.9. The molecule has 1 aliphatic rings. The molecule has 0 fully saturated rings. The molecule has 0 aliphatic carbocycles.